The highest BCUT2D eigenvalue weighted by Crippen LogP contribution is 2.31. The molecular formula is C25H28BN5O11S. The van der Waals surface area contributed by atoms with E-state index in [1.807, 2.05) is 0 Å². The highest BCUT2D eigenvalue weighted by Gasteiger charge is 2.41. The van der Waals surface area contributed by atoms with Crippen molar-refractivity contribution >= 4 is 46.9 Å². The van der Waals surface area contributed by atoms with Crippen LogP contribution in [0.4, 0.5) is 4.79 Å². The summed E-state index contributed by atoms with van der Waals surface area (Å²) in [7, 11) is -4.76. The van der Waals surface area contributed by atoms with Crippen LogP contribution in [0.2, 0.25) is 0 Å². The Labute approximate surface area is 245 Å². The molecule has 0 saturated carbocycles. The minimum absolute atomic E-state index is 0.000788. The summed E-state index contributed by atoms with van der Waals surface area (Å²) in [5, 5.41) is 30.2. The van der Waals surface area contributed by atoms with Crippen molar-refractivity contribution in [2.45, 2.75) is 30.2 Å². The Bertz CT molecular complexity index is 1600. The van der Waals surface area contributed by atoms with Gasteiger partial charge >= 0.3 is 30.9 Å². The lowest BCUT2D eigenvalue weighted by molar-refractivity contribution is -0.153. The molecule has 2 heterocycles. The molecule has 0 aromatic heterocycles. The topological polar surface area (TPSA) is 235 Å². The van der Waals surface area contributed by atoms with Gasteiger partial charge in [-0.1, -0.05) is 18.2 Å². The number of fused-ring (bicyclic) bond motifs is 1. The van der Waals surface area contributed by atoms with Crippen molar-refractivity contribution in [2.24, 2.45) is 5.14 Å². The van der Waals surface area contributed by atoms with E-state index in [9.17, 15) is 42.5 Å². The molecule has 18 heteroatoms. The van der Waals surface area contributed by atoms with Crippen molar-refractivity contribution in [1.82, 2.24) is 20.4 Å². The zero-order chi connectivity index (χ0) is 31.6. The van der Waals surface area contributed by atoms with Crippen LogP contribution in [0, 0.1) is 0 Å². The number of imide groups is 1. The van der Waals surface area contributed by atoms with Crippen LogP contribution in [0.15, 0.2) is 41.3 Å². The number of carboxylic acid groups (broad SMARTS) is 1. The number of amides is 5. The Morgan fingerprint density at radius 2 is 1.91 bits per heavy atom. The first-order chi connectivity index (χ1) is 20.3. The average Bonchev–Trinajstić information content (AvgIpc) is 2.96. The van der Waals surface area contributed by atoms with Gasteiger partial charge in [0.25, 0.3) is 0 Å². The fraction of sp³-hybridized carbons (Fsp3) is 0.320. The highest BCUT2D eigenvalue weighted by atomic mass is 32.2. The van der Waals surface area contributed by atoms with Crippen LogP contribution < -0.4 is 25.2 Å². The van der Waals surface area contributed by atoms with Crippen molar-refractivity contribution < 1.29 is 51.9 Å². The predicted octanol–water partition coefficient (Wildman–Crippen LogP) is -1.38. The van der Waals surface area contributed by atoms with E-state index in [1.54, 1.807) is 13.0 Å². The number of benzene rings is 2. The van der Waals surface area contributed by atoms with Gasteiger partial charge in [0.2, 0.25) is 15.9 Å². The lowest BCUT2D eigenvalue weighted by Crippen LogP contribution is -2.60. The summed E-state index contributed by atoms with van der Waals surface area (Å²) in [6.45, 7) is 1.85. The molecule has 6 N–H and O–H groups in total. The number of nitrogens with two attached hydrogens (primary N) is 1. The number of aromatic carboxylic acids is 1. The van der Waals surface area contributed by atoms with Crippen LogP contribution in [0.25, 0.3) is 0 Å². The van der Waals surface area contributed by atoms with Gasteiger partial charge < -0.3 is 35.1 Å². The number of nitrogens with one attached hydrogen (secondary N) is 2. The third-order valence-corrected chi connectivity index (χ3v) is 7.92. The highest BCUT2D eigenvalue weighted by molar-refractivity contribution is 7.89. The number of carboxylic acids is 1. The fourth-order valence-corrected chi connectivity index (χ4v) is 5.43. The van der Waals surface area contributed by atoms with Gasteiger partial charge in [0.1, 0.15) is 22.4 Å². The SMILES string of the molecule is CCN1CCN(C(=O)NC(C(=O)NC2Cc3cccc(C(=O)O)c3OB2O)c2ccc(S(N)(=O)=O)c(OC)c2)C(=O)C1=O. The van der Waals surface area contributed by atoms with E-state index < -0.39 is 63.7 Å². The Morgan fingerprint density at radius 1 is 1.19 bits per heavy atom. The maximum atomic E-state index is 13.6. The summed E-state index contributed by atoms with van der Waals surface area (Å²) in [6.07, 6.45) is -0.0519. The molecule has 16 nitrogen and oxygen atoms in total. The zero-order valence-corrected chi connectivity index (χ0v) is 23.8. The van der Waals surface area contributed by atoms with Crippen LogP contribution >= 0.6 is 0 Å². The van der Waals surface area contributed by atoms with Crippen LogP contribution in [0.1, 0.15) is 34.5 Å². The number of sulfonamides is 1. The number of likely N-dealkylation sites (N-methyl/N-ethyl adjacent to an activating group) is 1. The standard InChI is InChI=1S/C25H28BN5O11S/c1-3-30-9-10-31(23(34)22(30)33)25(37)29-19(13-7-8-17(43(27,39)40)16(11-13)41-2)21(32)28-18-12-14-5-4-6-15(24(35)36)20(14)42-26(18)38/h4-8,11,18-19,38H,3,9-10,12H2,1-2H3,(H,28,32)(H,29,37)(H,35,36)(H2,27,39,40). The first-order valence-corrected chi connectivity index (χ1v) is 14.4. The third kappa shape index (κ3) is 6.40. The van der Waals surface area contributed by atoms with Crippen LogP contribution in [0.3, 0.4) is 0 Å². The molecule has 43 heavy (non-hydrogen) atoms. The van der Waals surface area contributed by atoms with Gasteiger partial charge in [-0.15, -0.1) is 0 Å². The molecule has 0 spiro atoms. The minimum Gasteiger partial charge on any atom is -0.534 e. The molecule has 1 fully saturated rings. The Hall–Kier alpha value is -4.68. The van der Waals surface area contributed by atoms with E-state index in [-0.39, 0.29) is 48.7 Å². The number of nitrogens with zero attached hydrogens (tertiary/aromatic N) is 2. The zero-order valence-electron chi connectivity index (χ0n) is 23.0. The Balaban J connectivity index is 1.65. The quantitative estimate of drug-likeness (QED) is 0.171. The average molecular weight is 617 g/mol. The number of rotatable bonds is 8. The van der Waals surface area contributed by atoms with E-state index in [2.05, 4.69) is 10.6 Å². The number of hydrogen-bond acceptors (Lipinski definition) is 10. The molecule has 0 bridgehead atoms. The third-order valence-electron chi connectivity index (χ3n) is 6.97. The molecular weight excluding hydrogens is 589 g/mol. The van der Waals surface area contributed by atoms with Gasteiger partial charge in [0.05, 0.1) is 18.6 Å². The molecule has 228 valence electrons. The predicted molar refractivity (Wildman–Crippen MR) is 147 cm³/mol. The number of urea groups is 1. The molecule has 0 radical (unpaired) electrons. The monoisotopic (exact) mass is 617 g/mol. The van der Waals surface area contributed by atoms with Crippen LogP contribution in [-0.4, -0.2) is 97.9 Å². The van der Waals surface area contributed by atoms with Gasteiger partial charge in [-0.25, -0.2) is 23.1 Å². The number of ether oxygens (including phenoxy) is 1. The van der Waals surface area contributed by atoms with Crippen molar-refractivity contribution in [1.29, 1.82) is 0 Å². The molecule has 4 rings (SSSR count). The molecule has 2 aliphatic rings. The number of hydrogen-bond donors (Lipinski definition) is 5. The summed E-state index contributed by atoms with van der Waals surface area (Å²) in [5.74, 6) is -5.62. The molecule has 2 atom stereocenters. The molecule has 2 aromatic rings. The number of piperazine rings is 1. The van der Waals surface area contributed by atoms with E-state index in [0.717, 1.165) is 19.2 Å². The minimum atomic E-state index is -4.24. The van der Waals surface area contributed by atoms with Crippen molar-refractivity contribution in [3.63, 3.8) is 0 Å². The summed E-state index contributed by atoms with van der Waals surface area (Å²) in [6, 6.07) is 5.03. The van der Waals surface area contributed by atoms with Crippen molar-refractivity contribution in [3.05, 3.63) is 53.1 Å². The fourth-order valence-electron chi connectivity index (χ4n) is 4.75. The van der Waals surface area contributed by atoms with Gasteiger partial charge in [0, 0.05) is 19.6 Å². The van der Waals surface area contributed by atoms with Crippen LogP contribution in [0.5, 0.6) is 11.5 Å². The van der Waals surface area contributed by atoms with Crippen molar-refractivity contribution in [2.75, 3.05) is 26.7 Å². The molecule has 0 aliphatic carbocycles. The molecule has 2 unspecified atom stereocenters. The largest absolute Gasteiger partial charge is 0.547 e. The second kappa shape index (κ2) is 12.3. The maximum Gasteiger partial charge on any atom is 0.547 e. The summed E-state index contributed by atoms with van der Waals surface area (Å²) >= 11 is 0. The molecule has 2 aromatic carbocycles. The van der Waals surface area contributed by atoms with E-state index in [4.69, 9.17) is 14.5 Å². The summed E-state index contributed by atoms with van der Waals surface area (Å²) in [5.41, 5.74) is 0.199. The van der Waals surface area contributed by atoms with Crippen molar-refractivity contribution in [3.8, 4) is 11.5 Å². The first kappa shape index (κ1) is 31.3. The number of carbonyl (C=O) groups is 5. The second-order valence-electron chi connectivity index (χ2n) is 9.61. The maximum absolute atomic E-state index is 13.6. The lowest BCUT2D eigenvalue weighted by Gasteiger charge is -2.33. The lowest BCUT2D eigenvalue weighted by atomic mass is 9.72. The van der Waals surface area contributed by atoms with Crippen LogP contribution in [-0.2, 0) is 30.8 Å². The number of methoxy groups -OCH3 is 1. The van der Waals surface area contributed by atoms with E-state index >= 15 is 0 Å². The second-order valence-corrected chi connectivity index (χ2v) is 11.1. The van der Waals surface area contributed by atoms with Gasteiger partial charge in [-0.3, -0.25) is 19.3 Å². The number of para-hydroxylation sites is 1. The summed E-state index contributed by atoms with van der Waals surface area (Å²) < 4.78 is 34.5. The van der Waals surface area contributed by atoms with E-state index in [0.29, 0.717) is 10.5 Å². The van der Waals surface area contributed by atoms with Gasteiger partial charge in [0.15, 0.2) is 0 Å². The molecule has 5 amide bonds. The molecule has 2 aliphatic heterocycles. The van der Waals surface area contributed by atoms with E-state index in [1.165, 1.54) is 23.1 Å². The smallest absolute Gasteiger partial charge is 0.534 e. The van der Waals surface area contributed by atoms with Gasteiger partial charge in [-0.2, -0.15) is 0 Å². The Morgan fingerprint density at radius 3 is 2.53 bits per heavy atom. The Kier molecular flexibility index (Phi) is 8.93. The number of primary sulfonamides is 1. The first-order valence-electron chi connectivity index (χ1n) is 12.9. The number of carbonyl (C=O) groups excluding carboxylic acids is 4. The summed E-state index contributed by atoms with van der Waals surface area (Å²) in [4.78, 5) is 64.9. The van der Waals surface area contributed by atoms with Gasteiger partial charge in [-0.05, 0) is 42.7 Å². The normalized spacial score (nSPS) is 17.5. The molecule has 1 saturated heterocycles.